The van der Waals surface area contributed by atoms with Crippen LogP contribution in [0.1, 0.15) is 11.1 Å². The highest BCUT2D eigenvalue weighted by Crippen LogP contribution is 2.10. The van der Waals surface area contributed by atoms with Gasteiger partial charge in [-0.2, -0.15) is 0 Å². The third-order valence-electron chi connectivity index (χ3n) is 3.54. The molecule has 4 nitrogen and oxygen atoms in total. The normalized spacial score (nSPS) is 15.3. The Labute approximate surface area is 126 Å². The van der Waals surface area contributed by atoms with Crippen molar-refractivity contribution in [1.29, 1.82) is 0 Å². The van der Waals surface area contributed by atoms with Crippen LogP contribution >= 0.6 is 0 Å². The van der Waals surface area contributed by atoms with Crippen LogP contribution in [0.5, 0.6) is 0 Å². The van der Waals surface area contributed by atoms with Crippen LogP contribution in [-0.4, -0.2) is 24.3 Å². The summed E-state index contributed by atoms with van der Waals surface area (Å²) < 4.78 is 34.9. The first-order valence-electron chi connectivity index (χ1n) is 6.70. The molecule has 2 aromatic carbocycles. The molecule has 22 heavy (non-hydrogen) atoms. The Morgan fingerprint density at radius 3 is 1.59 bits per heavy atom. The third-order valence-corrected chi connectivity index (χ3v) is 3.54. The molecule has 0 fully saturated rings. The molecule has 2 aliphatic rings. The van der Waals surface area contributed by atoms with E-state index in [0.29, 0.717) is 24.1 Å². The van der Waals surface area contributed by atoms with Crippen molar-refractivity contribution >= 4 is 25.2 Å². The highest BCUT2D eigenvalue weighted by atomic mass is 19.1. The van der Waals surface area contributed by atoms with Gasteiger partial charge in [-0.05, 0) is 46.3 Å². The molecule has 0 bridgehead atoms. The number of benzene rings is 2. The van der Waals surface area contributed by atoms with Gasteiger partial charge in [0.05, 0.1) is 13.2 Å². The average Bonchev–Trinajstić information content (AvgIpc) is 3.04. The second-order valence-electron chi connectivity index (χ2n) is 5.01. The molecule has 4 rings (SSSR count). The zero-order valence-corrected chi connectivity index (χ0v) is 11.5. The minimum absolute atomic E-state index is 0.340. The van der Waals surface area contributed by atoms with Gasteiger partial charge in [-0.25, -0.2) is 8.78 Å². The molecule has 8 heteroatoms. The molecule has 0 aliphatic carbocycles. The Hall–Kier alpha value is -1.73. The maximum atomic E-state index is 12.6. The van der Waals surface area contributed by atoms with Crippen molar-refractivity contribution in [2.24, 2.45) is 0 Å². The van der Waals surface area contributed by atoms with Crippen LogP contribution in [0, 0.1) is 11.6 Å². The first-order valence-corrected chi connectivity index (χ1v) is 6.70. The molecule has 2 N–H and O–H groups in total. The van der Waals surface area contributed by atoms with E-state index in [1.54, 1.807) is 12.1 Å². The maximum absolute atomic E-state index is 12.6. The highest BCUT2D eigenvalue weighted by molar-refractivity contribution is 6.61. The van der Waals surface area contributed by atoms with E-state index in [9.17, 15) is 8.78 Å². The first-order chi connectivity index (χ1) is 10.5. The molecule has 0 aromatic heterocycles. The van der Waals surface area contributed by atoms with Crippen molar-refractivity contribution in [3.05, 3.63) is 59.2 Å². The predicted molar refractivity (Wildman–Crippen MR) is 77.6 cm³/mol. The summed E-state index contributed by atoms with van der Waals surface area (Å²) in [5.74, 6) is -0.679. The van der Waals surface area contributed by atoms with Crippen molar-refractivity contribution in [1.82, 2.24) is 0 Å². The van der Waals surface area contributed by atoms with Crippen molar-refractivity contribution in [3.63, 3.8) is 0 Å². The number of rotatable bonds is 0. The topological polar surface area (TPSA) is 58.9 Å². The van der Waals surface area contributed by atoms with Crippen molar-refractivity contribution < 1.29 is 28.1 Å². The Kier molecular flexibility index (Phi) is 4.26. The van der Waals surface area contributed by atoms with Crippen molar-refractivity contribution in [3.8, 4) is 0 Å². The van der Waals surface area contributed by atoms with Gasteiger partial charge in [0.15, 0.2) is 0 Å². The molecular formula is C14H12B2F2O4. The second kappa shape index (κ2) is 6.18. The van der Waals surface area contributed by atoms with Gasteiger partial charge >= 0.3 is 14.2 Å². The maximum Gasteiger partial charge on any atom is 0.491 e. The van der Waals surface area contributed by atoms with E-state index in [0.717, 1.165) is 11.1 Å². The van der Waals surface area contributed by atoms with Crippen molar-refractivity contribution in [2.45, 2.75) is 13.2 Å². The van der Waals surface area contributed by atoms with Gasteiger partial charge in [-0.15, -0.1) is 0 Å². The Morgan fingerprint density at radius 1 is 0.773 bits per heavy atom. The van der Waals surface area contributed by atoms with Crippen LogP contribution in [0.15, 0.2) is 36.4 Å². The summed E-state index contributed by atoms with van der Waals surface area (Å²) in [5.41, 5.74) is 2.81. The molecule has 0 spiro atoms. The summed E-state index contributed by atoms with van der Waals surface area (Å²) in [6, 6.07) is 8.57. The molecule has 112 valence electrons. The van der Waals surface area contributed by atoms with Crippen LogP contribution in [0.4, 0.5) is 8.78 Å². The SMILES string of the molecule is OB1OCc2ccc(F)cc21.OB1OCc2ccc(F)cc21. The van der Waals surface area contributed by atoms with Gasteiger partial charge in [-0.1, -0.05) is 12.1 Å². The summed E-state index contributed by atoms with van der Waals surface area (Å²) in [6.07, 6.45) is 0. The van der Waals surface area contributed by atoms with Crippen LogP contribution < -0.4 is 10.9 Å². The Bertz CT molecular complexity index is 639. The van der Waals surface area contributed by atoms with Gasteiger partial charge in [0.2, 0.25) is 0 Å². The fraction of sp³-hybridized carbons (Fsp3) is 0.143. The smallest absolute Gasteiger partial charge is 0.423 e. The number of halogens is 2. The van der Waals surface area contributed by atoms with Crippen LogP contribution in [0.25, 0.3) is 0 Å². The third kappa shape index (κ3) is 3.05. The van der Waals surface area contributed by atoms with E-state index in [2.05, 4.69) is 0 Å². The van der Waals surface area contributed by atoms with Gasteiger partial charge in [-0.3, -0.25) is 0 Å². The number of hydrogen-bond acceptors (Lipinski definition) is 4. The predicted octanol–water partition coefficient (Wildman–Crippen LogP) is 0.0868. The minimum Gasteiger partial charge on any atom is -0.423 e. The van der Waals surface area contributed by atoms with Gasteiger partial charge < -0.3 is 19.4 Å². The number of hydrogen-bond donors (Lipinski definition) is 2. The zero-order chi connectivity index (χ0) is 15.7. The summed E-state index contributed by atoms with van der Waals surface area (Å²) in [5, 5.41) is 18.2. The Morgan fingerprint density at radius 2 is 1.18 bits per heavy atom. The molecule has 0 atom stereocenters. The van der Waals surface area contributed by atoms with E-state index in [4.69, 9.17) is 19.4 Å². The largest absolute Gasteiger partial charge is 0.491 e. The summed E-state index contributed by atoms with van der Waals surface area (Å²) in [6.45, 7) is 0.744. The standard InChI is InChI=1S/2C7H6BFO2/c2*9-6-2-1-5-4-11-8(10)7(5)3-6/h2*1-3,10H,4H2. The Balaban J connectivity index is 0.000000131. The quantitative estimate of drug-likeness (QED) is 0.677. The van der Waals surface area contributed by atoms with Gasteiger partial charge in [0.1, 0.15) is 11.6 Å². The summed E-state index contributed by atoms with van der Waals surface area (Å²) >= 11 is 0. The molecule has 0 saturated heterocycles. The van der Waals surface area contributed by atoms with E-state index in [1.165, 1.54) is 24.3 Å². The lowest BCUT2D eigenvalue weighted by Gasteiger charge is -1.95. The molecule has 2 heterocycles. The van der Waals surface area contributed by atoms with E-state index in [-0.39, 0.29) is 11.6 Å². The fourth-order valence-electron chi connectivity index (χ4n) is 2.37. The van der Waals surface area contributed by atoms with Crippen LogP contribution in [-0.2, 0) is 22.5 Å². The lowest BCUT2D eigenvalue weighted by atomic mass is 9.80. The molecule has 2 aliphatic heterocycles. The minimum atomic E-state index is -0.944. The number of fused-ring (bicyclic) bond motifs is 2. The molecule has 2 aromatic rings. The average molecular weight is 304 g/mol. The molecule has 0 amide bonds. The van der Waals surface area contributed by atoms with Gasteiger partial charge in [0, 0.05) is 0 Å². The lowest BCUT2D eigenvalue weighted by Crippen LogP contribution is -2.28. The highest BCUT2D eigenvalue weighted by Gasteiger charge is 2.27. The second-order valence-corrected chi connectivity index (χ2v) is 5.01. The van der Waals surface area contributed by atoms with E-state index < -0.39 is 14.2 Å². The van der Waals surface area contributed by atoms with Crippen molar-refractivity contribution in [2.75, 3.05) is 0 Å². The zero-order valence-electron chi connectivity index (χ0n) is 11.5. The monoisotopic (exact) mass is 304 g/mol. The molecule has 0 radical (unpaired) electrons. The lowest BCUT2D eigenvalue weighted by molar-refractivity contribution is 0.275. The molecule has 0 unspecified atom stereocenters. The first kappa shape index (κ1) is 15.2. The molecular weight excluding hydrogens is 292 g/mol. The van der Waals surface area contributed by atoms with Crippen LogP contribution in [0.3, 0.4) is 0 Å². The fourth-order valence-corrected chi connectivity index (χ4v) is 2.37. The van der Waals surface area contributed by atoms with Crippen LogP contribution in [0.2, 0.25) is 0 Å². The molecule has 0 saturated carbocycles. The van der Waals surface area contributed by atoms with E-state index in [1.807, 2.05) is 0 Å². The summed E-state index contributed by atoms with van der Waals surface area (Å²) in [7, 11) is -1.89. The summed E-state index contributed by atoms with van der Waals surface area (Å²) in [4.78, 5) is 0. The van der Waals surface area contributed by atoms with Gasteiger partial charge in [0.25, 0.3) is 0 Å². The van der Waals surface area contributed by atoms with E-state index >= 15 is 0 Å².